The molecule has 5 heteroatoms. The molecule has 1 aromatic heterocycles. The molecule has 5 nitrogen and oxygen atoms in total. The number of piperidine rings is 1. The van der Waals surface area contributed by atoms with Crippen LogP contribution >= 0.6 is 0 Å². The number of rotatable bonds is 5. The van der Waals surface area contributed by atoms with Crippen molar-refractivity contribution < 1.29 is 4.79 Å². The van der Waals surface area contributed by atoms with E-state index in [0.717, 1.165) is 48.6 Å². The van der Waals surface area contributed by atoms with Gasteiger partial charge in [-0.15, -0.1) is 5.10 Å². The predicted octanol–water partition coefficient (Wildman–Crippen LogP) is 3.91. The van der Waals surface area contributed by atoms with Gasteiger partial charge in [-0.05, 0) is 43.0 Å². The average molecular weight is 386 g/mol. The maximum atomic E-state index is 13.1. The molecule has 1 N–H and O–H groups in total. The lowest BCUT2D eigenvalue weighted by atomic mass is 9.93. The number of carbonyl (C=O) groups is 1. The first-order chi connectivity index (χ1) is 14.2. The molecule has 1 saturated heterocycles. The number of aromatic nitrogens is 2. The maximum absolute atomic E-state index is 13.1. The molecule has 1 aliphatic rings. The molecule has 29 heavy (non-hydrogen) atoms. The van der Waals surface area contributed by atoms with Crippen molar-refractivity contribution in [2.45, 2.75) is 25.8 Å². The van der Waals surface area contributed by atoms with Gasteiger partial charge in [0.25, 0.3) is 0 Å². The van der Waals surface area contributed by atoms with Gasteiger partial charge in [-0.2, -0.15) is 5.10 Å². The molecule has 4 rings (SSSR count). The summed E-state index contributed by atoms with van der Waals surface area (Å²) < 4.78 is 0. The van der Waals surface area contributed by atoms with E-state index in [4.69, 9.17) is 0 Å². The molecule has 0 radical (unpaired) electrons. The summed E-state index contributed by atoms with van der Waals surface area (Å²) in [5.74, 6) is 1.03. The Balaban J connectivity index is 1.43. The van der Waals surface area contributed by atoms with Crippen LogP contribution in [-0.2, 0) is 4.79 Å². The van der Waals surface area contributed by atoms with Gasteiger partial charge >= 0.3 is 0 Å². The molecular formula is C24H26N4O. The highest BCUT2D eigenvalue weighted by Crippen LogP contribution is 2.25. The highest BCUT2D eigenvalue weighted by molar-refractivity contribution is 5.80. The van der Waals surface area contributed by atoms with Gasteiger partial charge in [-0.25, -0.2) is 0 Å². The number of nitrogens with zero attached hydrogens (tertiary/aromatic N) is 3. The molecule has 2 heterocycles. The summed E-state index contributed by atoms with van der Waals surface area (Å²) in [6.45, 7) is 3.57. The van der Waals surface area contributed by atoms with E-state index in [1.54, 1.807) is 0 Å². The molecule has 0 spiro atoms. The van der Waals surface area contributed by atoms with Crippen LogP contribution in [0.1, 0.15) is 35.7 Å². The number of hydrogen-bond donors (Lipinski definition) is 1. The fourth-order valence-corrected chi connectivity index (χ4v) is 3.84. The summed E-state index contributed by atoms with van der Waals surface area (Å²) in [7, 11) is 0. The molecule has 0 aliphatic carbocycles. The molecule has 1 fully saturated rings. The Labute approximate surface area is 171 Å². The first-order valence-corrected chi connectivity index (χ1v) is 10.2. The van der Waals surface area contributed by atoms with Crippen LogP contribution in [0.2, 0.25) is 0 Å². The quantitative estimate of drug-likeness (QED) is 0.722. The van der Waals surface area contributed by atoms with E-state index in [9.17, 15) is 4.79 Å². The third-order valence-electron chi connectivity index (χ3n) is 5.53. The fourth-order valence-electron chi connectivity index (χ4n) is 3.84. The van der Waals surface area contributed by atoms with Gasteiger partial charge in [0.05, 0.1) is 11.7 Å². The van der Waals surface area contributed by atoms with Crippen LogP contribution in [-0.4, -0.2) is 29.2 Å². The Morgan fingerprint density at radius 3 is 2.00 bits per heavy atom. The Morgan fingerprint density at radius 2 is 1.48 bits per heavy atom. The van der Waals surface area contributed by atoms with E-state index in [-0.39, 0.29) is 17.9 Å². The second-order valence-electron chi connectivity index (χ2n) is 7.56. The summed E-state index contributed by atoms with van der Waals surface area (Å²) in [6, 6.07) is 24.2. The van der Waals surface area contributed by atoms with Gasteiger partial charge in [0.2, 0.25) is 5.91 Å². The monoisotopic (exact) mass is 386 g/mol. The van der Waals surface area contributed by atoms with Gasteiger partial charge in [0.1, 0.15) is 0 Å². The highest BCUT2D eigenvalue weighted by Gasteiger charge is 2.28. The SMILES string of the molecule is Cc1ccc(N2CCC(C(=O)NC(c3ccccc3)c3ccccc3)CC2)nn1. The van der Waals surface area contributed by atoms with Gasteiger partial charge in [0.15, 0.2) is 5.82 Å². The van der Waals surface area contributed by atoms with Crippen molar-refractivity contribution in [3.8, 4) is 0 Å². The van der Waals surface area contributed by atoms with Crippen LogP contribution in [0, 0.1) is 12.8 Å². The van der Waals surface area contributed by atoms with Crippen molar-refractivity contribution in [3.05, 3.63) is 89.6 Å². The fraction of sp³-hybridized carbons (Fsp3) is 0.292. The van der Waals surface area contributed by atoms with Crippen LogP contribution in [0.15, 0.2) is 72.8 Å². The first-order valence-electron chi connectivity index (χ1n) is 10.2. The summed E-state index contributed by atoms with van der Waals surface area (Å²) in [4.78, 5) is 15.3. The summed E-state index contributed by atoms with van der Waals surface area (Å²) >= 11 is 0. The van der Waals surface area contributed by atoms with Crippen molar-refractivity contribution in [2.75, 3.05) is 18.0 Å². The molecule has 3 aromatic rings. The molecule has 1 amide bonds. The van der Waals surface area contributed by atoms with E-state index in [1.165, 1.54) is 0 Å². The van der Waals surface area contributed by atoms with E-state index in [0.29, 0.717) is 0 Å². The zero-order chi connectivity index (χ0) is 20.1. The minimum atomic E-state index is -0.133. The van der Waals surface area contributed by atoms with Gasteiger partial charge in [-0.3, -0.25) is 4.79 Å². The molecule has 0 saturated carbocycles. The van der Waals surface area contributed by atoms with Gasteiger partial charge in [0, 0.05) is 19.0 Å². The smallest absolute Gasteiger partial charge is 0.223 e. The largest absolute Gasteiger partial charge is 0.355 e. The van der Waals surface area contributed by atoms with Crippen molar-refractivity contribution >= 4 is 11.7 Å². The minimum Gasteiger partial charge on any atom is -0.355 e. The van der Waals surface area contributed by atoms with E-state index in [2.05, 4.69) is 44.7 Å². The lowest BCUT2D eigenvalue weighted by Crippen LogP contribution is -2.42. The average Bonchev–Trinajstić information content (AvgIpc) is 2.79. The zero-order valence-corrected chi connectivity index (χ0v) is 16.7. The number of aryl methyl sites for hydroxylation is 1. The molecule has 1 aliphatic heterocycles. The van der Waals surface area contributed by atoms with Crippen LogP contribution < -0.4 is 10.2 Å². The Kier molecular flexibility index (Phi) is 5.84. The Morgan fingerprint density at radius 1 is 0.897 bits per heavy atom. The second-order valence-corrected chi connectivity index (χ2v) is 7.56. The molecule has 0 bridgehead atoms. The topological polar surface area (TPSA) is 58.1 Å². The number of amides is 1. The van der Waals surface area contributed by atoms with Crippen LogP contribution in [0.4, 0.5) is 5.82 Å². The van der Waals surface area contributed by atoms with E-state index in [1.807, 2.05) is 55.5 Å². The normalized spacial score (nSPS) is 14.8. The number of nitrogens with one attached hydrogen (secondary N) is 1. The summed E-state index contributed by atoms with van der Waals surface area (Å²) in [5.41, 5.74) is 3.11. The summed E-state index contributed by atoms with van der Waals surface area (Å²) in [5, 5.41) is 11.7. The van der Waals surface area contributed by atoms with Crippen molar-refractivity contribution in [3.63, 3.8) is 0 Å². The third-order valence-corrected chi connectivity index (χ3v) is 5.53. The number of hydrogen-bond acceptors (Lipinski definition) is 4. The molecule has 0 unspecified atom stereocenters. The number of carbonyl (C=O) groups excluding carboxylic acids is 1. The van der Waals surface area contributed by atoms with E-state index >= 15 is 0 Å². The van der Waals surface area contributed by atoms with Crippen LogP contribution in [0.25, 0.3) is 0 Å². The maximum Gasteiger partial charge on any atom is 0.223 e. The summed E-state index contributed by atoms with van der Waals surface area (Å²) in [6.07, 6.45) is 1.63. The van der Waals surface area contributed by atoms with Crippen molar-refractivity contribution in [2.24, 2.45) is 5.92 Å². The molecule has 148 valence electrons. The first kappa shape index (κ1) is 19.1. The Hall–Kier alpha value is -3.21. The van der Waals surface area contributed by atoms with Crippen molar-refractivity contribution in [1.82, 2.24) is 15.5 Å². The lowest BCUT2D eigenvalue weighted by Gasteiger charge is -2.32. The molecule has 0 atom stereocenters. The Bertz CT molecular complexity index is 881. The highest BCUT2D eigenvalue weighted by atomic mass is 16.1. The number of benzene rings is 2. The minimum absolute atomic E-state index is 0.0135. The van der Waals surface area contributed by atoms with Crippen LogP contribution in [0.3, 0.4) is 0 Å². The van der Waals surface area contributed by atoms with Crippen LogP contribution in [0.5, 0.6) is 0 Å². The third kappa shape index (κ3) is 4.62. The molecule has 2 aromatic carbocycles. The van der Waals surface area contributed by atoms with Crippen molar-refractivity contribution in [1.29, 1.82) is 0 Å². The predicted molar refractivity (Wildman–Crippen MR) is 115 cm³/mol. The van der Waals surface area contributed by atoms with Gasteiger partial charge < -0.3 is 10.2 Å². The standard InChI is InChI=1S/C24H26N4O/c1-18-12-13-22(27-26-18)28-16-14-21(15-17-28)24(29)25-23(19-8-4-2-5-9-19)20-10-6-3-7-11-20/h2-13,21,23H,14-17H2,1H3,(H,25,29). The van der Waals surface area contributed by atoms with Gasteiger partial charge in [-0.1, -0.05) is 60.7 Å². The zero-order valence-electron chi connectivity index (χ0n) is 16.7. The second kappa shape index (κ2) is 8.86. The van der Waals surface area contributed by atoms with E-state index < -0.39 is 0 Å². The molecular weight excluding hydrogens is 360 g/mol. The number of anilines is 1. The lowest BCUT2D eigenvalue weighted by molar-refractivity contribution is -0.126.